The van der Waals surface area contributed by atoms with E-state index < -0.39 is 17.3 Å². The van der Waals surface area contributed by atoms with E-state index in [9.17, 15) is 9.18 Å². The zero-order valence-corrected chi connectivity index (χ0v) is 9.98. The molecule has 0 saturated carbocycles. The Hall–Kier alpha value is -2.16. The van der Waals surface area contributed by atoms with Gasteiger partial charge in [0.1, 0.15) is 5.82 Å². The molecule has 0 bridgehead atoms. The van der Waals surface area contributed by atoms with Crippen molar-refractivity contribution in [3.05, 3.63) is 23.5 Å². The van der Waals surface area contributed by atoms with Crippen LogP contribution in [0.25, 0.3) is 0 Å². The maximum Gasteiger partial charge on any atom is 0.338 e. The molecule has 7 nitrogen and oxygen atoms in total. The summed E-state index contributed by atoms with van der Waals surface area (Å²) in [6, 6.07) is 2.13. The fraction of sp³-hybridized carbons (Fsp3) is 0.111. The van der Waals surface area contributed by atoms with Gasteiger partial charge < -0.3 is 10.8 Å². The fourth-order valence-electron chi connectivity index (χ4n) is 1.23. The van der Waals surface area contributed by atoms with E-state index in [1.165, 1.54) is 4.68 Å². The minimum atomic E-state index is -1.36. The number of carboxylic acid groups (broad SMARTS) is 1. The lowest BCUT2D eigenvalue weighted by Crippen LogP contribution is -2.03. The van der Waals surface area contributed by atoms with Gasteiger partial charge in [-0.15, -0.1) is 5.10 Å². The topological polar surface area (TPSA) is 107 Å². The Morgan fingerprint density at radius 2 is 2.28 bits per heavy atom. The molecular weight excluding hydrogens is 261 g/mol. The number of hydrogen-bond acceptors (Lipinski definition) is 6. The highest BCUT2D eigenvalue weighted by molar-refractivity contribution is 7.99. The van der Waals surface area contributed by atoms with Crippen LogP contribution in [0.15, 0.2) is 22.2 Å². The number of nitrogens with zero attached hydrogens (tertiary/aromatic N) is 4. The van der Waals surface area contributed by atoms with Crippen molar-refractivity contribution in [2.45, 2.75) is 10.1 Å². The molecule has 1 heterocycles. The Morgan fingerprint density at radius 3 is 2.83 bits per heavy atom. The number of aryl methyl sites for hydroxylation is 1. The van der Waals surface area contributed by atoms with Crippen molar-refractivity contribution in [2.24, 2.45) is 7.05 Å². The standard InChI is InChI=1S/C9H8FN5O2S/c1-15-9(12-13-14-15)18-7-3-5(10)4(8(16)17)2-6(7)11/h2-3H,11H2,1H3,(H,16,17). The van der Waals surface area contributed by atoms with E-state index in [2.05, 4.69) is 15.5 Å². The van der Waals surface area contributed by atoms with Gasteiger partial charge in [-0.1, -0.05) is 0 Å². The smallest absolute Gasteiger partial charge is 0.338 e. The van der Waals surface area contributed by atoms with Crippen LogP contribution in [0.2, 0.25) is 0 Å². The van der Waals surface area contributed by atoms with Crippen LogP contribution in [0.3, 0.4) is 0 Å². The van der Waals surface area contributed by atoms with E-state index in [-0.39, 0.29) is 5.69 Å². The lowest BCUT2D eigenvalue weighted by Gasteiger charge is -2.06. The summed E-state index contributed by atoms with van der Waals surface area (Å²) in [4.78, 5) is 11.1. The number of aromatic carboxylic acids is 1. The van der Waals surface area contributed by atoms with Gasteiger partial charge in [-0.05, 0) is 34.3 Å². The molecule has 94 valence electrons. The van der Waals surface area contributed by atoms with E-state index in [1.54, 1.807) is 7.05 Å². The summed E-state index contributed by atoms with van der Waals surface area (Å²) in [6.45, 7) is 0. The second-order valence-corrected chi connectivity index (χ2v) is 4.37. The molecule has 0 fully saturated rings. The zero-order valence-electron chi connectivity index (χ0n) is 9.16. The highest BCUT2D eigenvalue weighted by Crippen LogP contribution is 2.31. The molecule has 0 aliphatic heterocycles. The predicted octanol–water partition coefficient (Wildman–Crippen LogP) is 0.781. The normalized spacial score (nSPS) is 10.6. The molecule has 18 heavy (non-hydrogen) atoms. The van der Waals surface area contributed by atoms with Crippen LogP contribution in [0.1, 0.15) is 10.4 Å². The SMILES string of the molecule is Cn1nnnc1Sc1cc(F)c(C(=O)O)cc1N. The summed E-state index contributed by atoms with van der Waals surface area (Å²) >= 11 is 1.05. The summed E-state index contributed by atoms with van der Waals surface area (Å²) in [5, 5.41) is 19.9. The van der Waals surface area contributed by atoms with Crippen LogP contribution in [0, 0.1) is 5.82 Å². The van der Waals surface area contributed by atoms with Crippen LogP contribution in [0.5, 0.6) is 0 Å². The van der Waals surface area contributed by atoms with Crippen LogP contribution >= 0.6 is 11.8 Å². The number of rotatable bonds is 3. The molecule has 0 spiro atoms. The van der Waals surface area contributed by atoms with E-state index in [4.69, 9.17) is 10.8 Å². The highest BCUT2D eigenvalue weighted by Gasteiger charge is 2.15. The Kier molecular flexibility index (Phi) is 3.15. The van der Waals surface area contributed by atoms with Crippen molar-refractivity contribution in [2.75, 3.05) is 5.73 Å². The third-order valence-corrected chi connectivity index (χ3v) is 3.21. The number of benzene rings is 1. The molecule has 0 amide bonds. The highest BCUT2D eigenvalue weighted by atomic mass is 32.2. The van der Waals surface area contributed by atoms with Crippen molar-refractivity contribution in [3.8, 4) is 0 Å². The number of aromatic nitrogens is 4. The molecule has 0 unspecified atom stereocenters. The monoisotopic (exact) mass is 269 g/mol. The molecule has 3 N–H and O–H groups in total. The first-order valence-electron chi connectivity index (χ1n) is 4.71. The Labute approximate surface area is 105 Å². The summed E-state index contributed by atoms with van der Waals surface area (Å²) in [6.07, 6.45) is 0. The number of hydrogen-bond donors (Lipinski definition) is 2. The van der Waals surface area contributed by atoms with Gasteiger partial charge in [0, 0.05) is 17.6 Å². The van der Waals surface area contributed by atoms with Gasteiger partial charge in [-0.25, -0.2) is 13.9 Å². The maximum absolute atomic E-state index is 13.5. The Bertz CT molecular complexity index is 615. The van der Waals surface area contributed by atoms with Crippen molar-refractivity contribution in [3.63, 3.8) is 0 Å². The van der Waals surface area contributed by atoms with Crippen LogP contribution in [0.4, 0.5) is 10.1 Å². The fourth-order valence-corrected chi connectivity index (χ4v) is 2.01. The largest absolute Gasteiger partial charge is 0.478 e. The minimum Gasteiger partial charge on any atom is -0.478 e. The summed E-state index contributed by atoms with van der Waals surface area (Å²) in [5.41, 5.74) is 5.36. The molecule has 1 aromatic carbocycles. The number of nitrogen functional groups attached to an aromatic ring is 1. The van der Waals surface area contributed by atoms with Gasteiger partial charge in [-0.3, -0.25) is 0 Å². The minimum absolute atomic E-state index is 0.154. The Balaban J connectivity index is 2.38. The molecule has 2 aromatic rings. The van der Waals surface area contributed by atoms with Gasteiger partial charge in [0.05, 0.1) is 5.56 Å². The third kappa shape index (κ3) is 2.25. The zero-order chi connectivity index (χ0) is 13.3. The van der Waals surface area contributed by atoms with Crippen LogP contribution < -0.4 is 5.73 Å². The molecule has 9 heteroatoms. The summed E-state index contributed by atoms with van der Waals surface area (Å²) in [5.74, 6) is -2.22. The first kappa shape index (κ1) is 12.3. The summed E-state index contributed by atoms with van der Waals surface area (Å²) < 4.78 is 14.9. The maximum atomic E-state index is 13.5. The lowest BCUT2D eigenvalue weighted by molar-refractivity contribution is 0.0692. The number of halogens is 1. The lowest BCUT2D eigenvalue weighted by atomic mass is 10.2. The van der Waals surface area contributed by atoms with E-state index >= 15 is 0 Å². The van der Waals surface area contributed by atoms with Gasteiger partial charge >= 0.3 is 5.97 Å². The van der Waals surface area contributed by atoms with E-state index in [0.717, 1.165) is 23.9 Å². The number of nitrogens with two attached hydrogens (primary N) is 1. The quantitative estimate of drug-likeness (QED) is 0.793. The van der Waals surface area contributed by atoms with Gasteiger partial charge in [0.2, 0.25) is 5.16 Å². The van der Waals surface area contributed by atoms with Gasteiger partial charge in [-0.2, -0.15) is 0 Å². The number of anilines is 1. The van der Waals surface area contributed by atoms with E-state index in [1.807, 2.05) is 0 Å². The van der Waals surface area contributed by atoms with Crippen LogP contribution in [-0.2, 0) is 7.05 Å². The Morgan fingerprint density at radius 1 is 1.56 bits per heavy atom. The van der Waals surface area contributed by atoms with Crippen molar-refractivity contribution < 1.29 is 14.3 Å². The average molecular weight is 269 g/mol. The first-order valence-corrected chi connectivity index (χ1v) is 5.53. The predicted molar refractivity (Wildman–Crippen MR) is 60.7 cm³/mol. The molecule has 0 atom stereocenters. The summed E-state index contributed by atoms with van der Waals surface area (Å²) in [7, 11) is 1.63. The van der Waals surface area contributed by atoms with Gasteiger partial charge in [0.15, 0.2) is 0 Å². The molecule has 0 aliphatic carbocycles. The number of carbonyl (C=O) groups is 1. The first-order chi connectivity index (χ1) is 8.49. The van der Waals surface area contributed by atoms with Crippen molar-refractivity contribution >= 4 is 23.4 Å². The average Bonchev–Trinajstić information content (AvgIpc) is 2.69. The molecule has 1 aromatic heterocycles. The molecule has 0 aliphatic rings. The van der Waals surface area contributed by atoms with E-state index in [0.29, 0.717) is 10.1 Å². The third-order valence-electron chi connectivity index (χ3n) is 2.11. The molecule has 0 radical (unpaired) electrons. The second kappa shape index (κ2) is 4.61. The number of tetrazole rings is 1. The van der Waals surface area contributed by atoms with Crippen molar-refractivity contribution in [1.29, 1.82) is 0 Å². The number of carboxylic acids is 1. The molecule has 2 rings (SSSR count). The second-order valence-electron chi connectivity index (χ2n) is 3.36. The van der Waals surface area contributed by atoms with Crippen molar-refractivity contribution in [1.82, 2.24) is 20.2 Å². The molecular formula is C9H8FN5O2S. The van der Waals surface area contributed by atoms with Gasteiger partial charge in [0.25, 0.3) is 0 Å². The molecule has 0 saturated heterocycles. The van der Waals surface area contributed by atoms with Crippen LogP contribution in [-0.4, -0.2) is 31.3 Å².